The van der Waals surface area contributed by atoms with Crippen molar-refractivity contribution in [2.75, 3.05) is 12.8 Å². The second kappa shape index (κ2) is 6.05. The first-order chi connectivity index (χ1) is 8.01. The molecule has 1 aromatic rings. The fraction of sp³-hybridized carbons (Fsp3) is 0.462. The van der Waals surface area contributed by atoms with Gasteiger partial charge in [0.2, 0.25) is 0 Å². The summed E-state index contributed by atoms with van der Waals surface area (Å²) in [6.07, 6.45) is 1.90. The Morgan fingerprint density at radius 2 is 2.00 bits per heavy atom. The highest BCUT2D eigenvalue weighted by molar-refractivity contribution is 9.10. The fourth-order valence-electron chi connectivity index (χ4n) is 1.91. The molecule has 0 bridgehead atoms. The molecule has 0 atom stereocenters. The van der Waals surface area contributed by atoms with Gasteiger partial charge >= 0.3 is 0 Å². The van der Waals surface area contributed by atoms with Gasteiger partial charge in [-0.3, -0.25) is 4.79 Å². The van der Waals surface area contributed by atoms with E-state index < -0.39 is 0 Å². The average molecular weight is 299 g/mol. The number of anilines is 1. The summed E-state index contributed by atoms with van der Waals surface area (Å²) >= 11 is 3.36. The number of carbonyl (C=O) groups excluding carboxylic acids is 1. The number of nitrogens with two attached hydrogens (primary N) is 1. The van der Waals surface area contributed by atoms with Gasteiger partial charge in [0.1, 0.15) is 0 Å². The SMILES string of the molecule is CCC(CC)N(C)C(=O)c1cc(Br)ccc1N. The molecule has 0 aliphatic rings. The van der Waals surface area contributed by atoms with Gasteiger partial charge in [-0.2, -0.15) is 0 Å². The van der Waals surface area contributed by atoms with E-state index in [1.54, 1.807) is 17.0 Å². The first-order valence-corrected chi connectivity index (χ1v) is 6.62. The molecular weight excluding hydrogens is 280 g/mol. The maximum atomic E-state index is 12.3. The molecule has 3 nitrogen and oxygen atoms in total. The lowest BCUT2D eigenvalue weighted by Crippen LogP contribution is -2.36. The molecule has 0 aliphatic carbocycles. The van der Waals surface area contributed by atoms with Crippen LogP contribution in [0.5, 0.6) is 0 Å². The van der Waals surface area contributed by atoms with Crippen molar-refractivity contribution in [3.8, 4) is 0 Å². The van der Waals surface area contributed by atoms with Crippen LogP contribution < -0.4 is 5.73 Å². The molecule has 94 valence electrons. The number of hydrogen-bond acceptors (Lipinski definition) is 2. The van der Waals surface area contributed by atoms with Crippen molar-refractivity contribution in [3.05, 3.63) is 28.2 Å². The molecule has 2 N–H and O–H groups in total. The van der Waals surface area contributed by atoms with E-state index in [1.807, 2.05) is 13.1 Å². The highest BCUT2D eigenvalue weighted by Crippen LogP contribution is 2.21. The molecule has 4 heteroatoms. The summed E-state index contributed by atoms with van der Waals surface area (Å²) in [5.41, 5.74) is 6.93. The Labute approximate surface area is 111 Å². The minimum absolute atomic E-state index is 0.0162. The van der Waals surface area contributed by atoms with Crippen molar-refractivity contribution in [1.29, 1.82) is 0 Å². The van der Waals surface area contributed by atoms with E-state index in [0.29, 0.717) is 11.3 Å². The predicted octanol–water partition coefficient (Wildman–Crippen LogP) is 3.29. The van der Waals surface area contributed by atoms with Crippen molar-refractivity contribution in [3.63, 3.8) is 0 Å². The summed E-state index contributed by atoms with van der Waals surface area (Å²) in [4.78, 5) is 14.1. The summed E-state index contributed by atoms with van der Waals surface area (Å²) < 4.78 is 0.869. The Morgan fingerprint density at radius 3 is 2.53 bits per heavy atom. The van der Waals surface area contributed by atoms with Crippen LogP contribution in [0.25, 0.3) is 0 Å². The van der Waals surface area contributed by atoms with Crippen molar-refractivity contribution in [2.24, 2.45) is 0 Å². The second-order valence-electron chi connectivity index (χ2n) is 4.12. The largest absolute Gasteiger partial charge is 0.398 e. The number of halogens is 1. The zero-order valence-electron chi connectivity index (χ0n) is 10.5. The third kappa shape index (κ3) is 3.22. The van der Waals surface area contributed by atoms with Gasteiger partial charge in [0.25, 0.3) is 5.91 Å². The Hall–Kier alpha value is -1.03. The van der Waals surface area contributed by atoms with Gasteiger partial charge < -0.3 is 10.6 Å². The number of nitrogens with zero attached hydrogens (tertiary/aromatic N) is 1. The Kier molecular flexibility index (Phi) is 5.00. The maximum absolute atomic E-state index is 12.3. The van der Waals surface area contributed by atoms with Crippen molar-refractivity contribution in [1.82, 2.24) is 4.90 Å². The van der Waals surface area contributed by atoms with Crippen molar-refractivity contribution in [2.45, 2.75) is 32.7 Å². The normalized spacial score (nSPS) is 10.6. The molecular formula is C13H19BrN2O. The summed E-state index contributed by atoms with van der Waals surface area (Å²) in [7, 11) is 1.83. The molecule has 17 heavy (non-hydrogen) atoms. The predicted molar refractivity (Wildman–Crippen MR) is 75.0 cm³/mol. The number of benzene rings is 1. The van der Waals surface area contributed by atoms with Crippen LogP contribution in [0.15, 0.2) is 22.7 Å². The van der Waals surface area contributed by atoms with Crippen LogP contribution in [-0.4, -0.2) is 23.9 Å². The Balaban J connectivity index is 2.99. The van der Waals surface area contributed by atoms with Crippen molar-refractivity contribution < 1.29 is 4.79 Å². The van der Waals surface area contributed by atoms with Gasteiger partial charge in [-0.05, 0) is 31.0 Å². The summed E-state index contributed by atoms with van der Waals surface area (Å²) in [6, 6.07) is 5.62. The first kappa shape index (κ1) is 14.0. The van der Waals surface area contributed by atoms with E-state index in [1.165, 1.54) is 0 Å². The summed E-state index contributed by atoms with van der Waals surface area (Å²) in [5, 5.41) is 0. The van der Waals surface area contributed by atoms with Crippen molar-refractivity contribution >= 4 is 27.5 Å². The van der Waals surface area contributed by atoms with E-state index in [0.717, 1.165) is 17.3 Å². The van der Waals surface area contributed by atoms with Gasteiger partial charge in [0, 0.05) is 23.2 Å². The van der Waals surface area contributed by atoms with Gasteiger partial charge in [0.05, 0.1) is 5.56 Å². The quantitative estimate of drug-likeness (QED) is 0.867. The number of amides is 1. The average Bonchev–Trinajstić information content (AvgIpc) is 2.32. The molecule has 0 heterocycles. The van der Waals surface area contributed by atoms with Crippen LogP contribution in [0.2, 0.25) is 0 Å². The van der Waals surface area contributed by atoms with Gasteiger partial charge in [-0.25, -0.2) is 0 Å². The van der Waals surface area contributed by atoms with Crippen LogP contribution in [0.4, 0.5) is 5.69 Å². The van der Waals surface area contributed by atoms with E-state index >= 15 is 0 Å². The van der Waals surface area contributed by atoms with Gasteiger partial charge in [0.15, 0.2) is 0 Å². The summed E-state index contributed by atoms with van der Waals surface area (Å²) in [6.45, 7) is 4.17. The minimum Gasteiger partial charge on any atom is -0.398 e. The van der Waals surface area contributed by atoms with Crippen LogP contribution in [-0.2, 0) is 0 Å². The zero-order chi connectivity index (χ0) is 13.0. The molecule has 0 radical (unpaired) electrons. The summed E-state index contributed by atoms with van der Waals surface area (Å²) in [5.74, 6) is -0.0162. The van der Waals surface area contributed by atoms with E-state index in [2.05, 4.69) is 29.8 Å². The monoisotopic (exact) mass is 298 g/mol. The van der Waals surface area contributed by atoms with Crippen LogP contribution in [0, 0.1) is 0 Å². The van der Waals surface area contributed by atoms with Crippen LogP contribution in [0.3, 0.4) is 0 Å². The molecule has 0 unspecified atom stereocenters. The Bertz CT molecular complexity index is 402. The molecule has 0 saturated carbocycles. The molecule has 1 aromatic carbocycles. The second-order valence-corrected chi connectivity index (χ2v) is 5.03. The molecule has 0 saturated heterocycles. The molecule has 0 fully saturated rings. The van der Waals surface area contributed by atoms with Gasteiger partial charge in [-0.15, -0.1) is 0 Å². The molecule has 1 amide bonds. The highest BCUT2D eigenvalue weighted by atomic mass is 79.9. The lowest BCUT2D eigenvalue weighted by atomic mass is 10.1. The van der Waals surface area contributed by atoms with Crippen LogP contribution >= 0.6 is 15.9 Å². The molecule has 0 aliphatic heterocycles. The molecule has 0 aromatic heterocycles. The standard InChI is InChI=1S/C13H19BrN2O/c1-4-10(5-2)16(3)13(17)11-8-9(14)6-7-12(11)15/h6-8,10H,4-5,15H2,1-3H3. The Morgan fingerprint density at radius 1 is 1.41 bits per heavy atom. The third-order valence-corrected chi connectivity index (χ3v) is 3.55. The lowest BCUT2D eigenvalue weighted by Gasteiger charge is -2.26. The van der Waals surface area contributed by atoms with E-state index in [4.69, 9.17) is 5.73 Å². The zero-order valence-corrected chi connectivity index (χ0v) is 12.1. The maximum Gasteiger partial charge on any atom is 0.255 e. The third-order valence-electron chi connectivity index (χ3n) is 3.06. The topological polar surface area (TPSA) is 46.3 Å². The van der Waals surface area contributed by atoms with Crippen LogP contribution in [0.1, 0.15) is 37.0 Å². The minimum atomic E-state index is -0.0162. The van der Waals surface area contributed by atoms with Gasteiger partial charge in [-0.1, -0.05) is 29.8 Å². The number of hydrogen-bond donors (Lipinski definition) is 1. The number of carbonyl (C=O) groups is 1. The number of rotatable bonds is 4. The first-order valence-electron chi connectivity index (χ1n) is 5.83. The van der Waals surface area contributed by atoms with E-state index in [-0.39, 0.29) is 11.9 Å². The highest BCUT2D eigenvalue weighted by Gasteiger charge is 2.20. The fourth-order valence-corrected chi connectivity index (χ4v) is 2.27. The smallest absolute Gasteiger partial charge is 0.255 e. The number of nitrogen functional groups attached to an aromatic ring is 1. The van der Waals surface area contributed by atoms with E-state index in [9.17, 15) is 4.79 Å². The molecule has 1 rings (SSSR count). The molecule has 0 spiro atoms. The lowest BCUT2D eigenvalue weighted by molar-refractivity contribution is 0.0724.